The monoisotopic (exact) mass is 154 g/mol. The largest absolute Gasteiger partial charge is 0.242 e. The summed E-state index contributed by atoms with van der Waals surface area (Å²) >= 11 is 0. The molecule has 0 fully saturated rings. The highest BCUT2D eigenvalue weighted by atomic mass is 19.1. The number of halogens is 1. The smallest absolute Gasteiger partial charge is 0.142 e. The van der Waals surface area contributed by atoms with E-state index >= 15 is 0 Å². The second kappa shape index (κ2) is 3.42. The first-order valence-corrected chi connectivity index (χ1v) is 3.66. The molecule has 0 bridgehead atoms. The molecule has 0 aromatic carbocycles. The minimum absolute atomic E-state index is 0.469. The summed E-state index contributed by atoms with van der Waals surface area (Å²) in [6, 6.07) is 1.67. The molecule has 0 spiro atoms. The van der Waals surface area contributed by atoms with Gasteiger partial charge in [0, 0.05) is 5.69 Å². The first-order valence-electron chi connectivity index (χ1n) is 3.66. The first kappa shape index (κ1) is 8.11. The molecule has 60 valence electrons. The van der Waals surface area contributed by atoms with Crippen molar-refractivity contribution in [1.82, 2.24) is 9.97 Å². The van der Waals surface area contributed by atoms with E-state index in [2.05, 4.69) is 9.97 Å². The van der Waals surface area contributed by atoms with Gasteiger partial charge in [-0.3, -0.25) is 0 Å². The second-order valence-electron chi connectivity index (χ2n) is 2.46. The zero-order chi connectivity index (χ0) is 8.27. The zero-order valence-corrected chi connectivity index (χ0v) is 6.71. The van der Waals surface area contributed by atoms with Gasteiger partial charge in [-0.05, 0) is 19.4 Å². The molecule has 0 amide bonds. The van der Waals surface area contributed by atoms with Crippen LogP contribution in [0.25, 0.3) is 0 Å². The molecular weight excluding hydrogens is 143 g/mol. The van der Waals surface area contributed by atoms with Crippen LogP contribution in [-0.4, -0.2) is 9.97 Å². The Bertz CT molecular complexity index is 237. The maximum atomic E-state index is 13.0. The average molecular weight is 154 g/mol. The van der Waals surface area contributed by atoms with Gasteiger partial charge in [-0.2, -0.15) is 0 Å². The highest BCUT2D eigenvalue weighted by Crippen LogP contribution is 2.17. The number of nitrogens with zero attached hydrogens (tertiary/aromatic N) is 2. The van der Waals surface area contributed by atoms with E-state index in [9.17, 15) is 4.39 Å². The minimum atomic E-state index is -0.948. The molecule has 0 radical (unpaired) electrons. The third-order valence-corrected chi connectivity index (χ3v) is 1.50. The van der Waals surface area contributed by atoms with Gasteiger partial charge in [0.15, 0.2) is 0 Å². The normalized spacial score (nSPS) is 13.0. The summed E-state index contributed by atoms with van der Waals surface area (Å²) in [6.07, 6.45) is 0.917. The van der Waals surface area contributed by atoms with Crippen molar-refractivity contribution >= 4 is 0 Å². The number of aryl methyl sites for hydroxylation is 1. The standard InChI is InChI=1S/C8H11FN2/c1-3-7(9)8-4-6(2)10-5-11-8/h4-5,7H,3H2,1-2H3. The van der Waals surface area contributed by atoms with E-state index in [0.29, 0.717) is 12.1 Å². The Labute approximate surface area is 65.5 Å². The number of aromatic nitrogens is 2. The van der Waals surface area contributed by atoms with Gasteiger partial charge >= 0.3 is 0 Å². The fourth-order valence-electron chi connectivity index (χ4n) is 0.856. The molecule has 0 aliphatic rings. The van der Waals surface area contributed by atoms with Crippen LogP contribution < -0.4 is 0 Å². The molecule has 1 aromatic heterocycles. The van der Waals surface area contributed by atoms with Crippen LogP contribution in [0.5, 0.6) is 0 Å². The third-order valence-electron chi connectivity index (χ3n) is 1.50. The van der Waals surface area contributed by atoms with Gasteiger partial charge in [0.25, 0.3) is 0 Å². The van der Waals surface area contributed by atoms with Crippen LogP contribution >= 0.6 is 0 Å². The van der Waals surface area contributed by atoms with Crippen LogP contribution in [-0.2, 0) is 0 Å². The van der Waals surface area contributed by atoms with Crippen molar-refractivity contribution in [2.24, 2.45) is 0 Å². The molecule has 0 N–H and O–H groups in total. The molecule has 1 heterocycles. The van der Waals surface area contributed by atoms with E-state index in [1.165, 1.54) is 6.33 Å². The Hall–Kier alpha value is -0.990. The molecular formula is C8H11FN2. The van der Waals surface area contributed by atoms with Crippen LogP contribution in [0.3, 0.4) is 0 Å². The lowest BCUT2D eigenvalue weighted by Gasteiger charge is -2.03. The summed E-state index contributed by atoms with van der Waals surface area (Å²) < 4.78 is 13.0. The van der Waals surface area contributed by atoms with Gasteiger partial charge in [0.1, 0.15) is 12.5 Å². The average Bonchev–Trinajstić information content (AvgIpc) is 2.03. The summed E-state index contributed by atoms with van der Waals surface area (Å²) in [5.74, 6) is 0. The molecule has 1 aromatic rings. The fraction of sp³-hybridized carbons (Fsp3) is 0.500. The Morgan fingerprint density at radius 2 is 2.27 bits per heavy atom. The van der Waals surface area contributed by atoms with E-state index in [-0.39, 0.29) is 0 Å². The molecule has 1 unspecified atom stereocenters. The van der Waals surface area contributed by atoms with Crippen molar-refractivity contribution in [3.63, 3.8) is 0 Å². The van der Waals surface area contributed by atoms with Crippen LogP contribution in [0.15, 0.2) is 12.4 Å². The minimum Gasteiger partial charge on any atom is -0.242 e. The fourth-order valence-corrected chi connectivity index (χ4v) is 0.856. The number of alkyl halides is 1. The quantitative estimate of drug-likeness (QED) is 0.652. The third kappa shape index (κ3) is 1.97. The Morgan fingerprint density at radius 1 is 1.55 bits per heavy atom. The van der Waals surface area contributed by atoms with Gasteiger partial charge < -0.3 is 0 Å². The highest BCUT2D eigenvalue weighted by molar-refractivity contribution is 5.08. The Kier molecular flexibility index (Phi) is 2.52. The van der Waals surface area contributed by atoms with E-state index in [0.717, 1.165) is 5.69 Å². The predicted octanol–water partition coefficient (Wildman–Crippen LogP) is 2.21. The number of hydrogen-bond donors (Lipinski definition) is 0. The molecule has 3 heteroatoms. The molecule has 0 aliphatic carbocycles. The van der Waals surface area contributed by atoms with Crippen LogP contribution in [0, 0.1) is 6.92 Å². The Balaban J connectivity index is 2.86. The molecule has 0 saturated heterocycles. The zero-order valence-electron chi connectivity index (χ0n) is 6.71. The van der Waals surface area contributed by atoms with E-state index < -0.39 is 6.17 Å². The lowest BCUT2D eigenvalue weighted by molar-refractivity contribution is 0.326. The van der Waals surface area contributed by atoms with Gasteiger partial charge in [-0.1, -0.05) is 6.92 Å². The predicted molar refractivity (Wildman–Crippen MR) is 40.9 cm³/mol. The van der Waals surface area contributed by atoms with Crippen molar-refractivity contribution in [2.75, 3.05) is 0 Å². The second-order valence-corrected chi connectivity index (χ2v) is 2.46. The van der Waals surface area contributed by atoms with Crippen LogP contribution in [0.1, 0.15) is 30.9 Å². The molecule has 2 nitrogen and oxygen atoms in total. The summed E-state index contributed by atoms with van der Waals surface area (Å²) in [7, 11) is 0. The van der Waals surface area contributed by atoms with Gasteiger partial charge in [0.2, 0.25) is 0 Å². The maximum absolute atomic E-state index is 13.0. The summed E-state index contributed by atoms with van der Waals surface area (Å²) in [5, 5.41) is 0. The molecule has 0 saturated carbocycles. The first-order chi connectivity index (χ1) is 5.24. The Morgan fingerprint density at radius 3 is 2.82 bits per heavy atom. The van der Waals surface area contributed by atoms with E-state index in [4.69, 9.17) is 0 Å². The SMILES string of the molecule is CCC(F)c1cc(C)ncn1. The number of rotatable bonds is 2. The lowest BCUT2D eigenvalue weighted by Crippen LogP contribution is -1.95. The molecule has 1 atom stereocenters. The van der Waals surface area contributed by atoms with Crippen LogP contribution in [0.2, 0.25) is 0 Å². The van der Waals surface area contributed by atoms with Gasteiger partial charge in [-0.25, -0.2) is 14.4 Å². The molecule has 11 heavy (non-hydrogen) atoms. The topological polar surface area (TPSA) is 25.8 Å². The van der Waals surface area contributed by atoms with Gasteiger partial charge in [0.05, 0.1) is 5.69 Å². The summed E-state index contributed by atoms with van der Waals surface area (Å²) in [4.78, 5) is 7.70. The van der Waals surface area contributed by atoms with Crippen molar-refractivity contribution in [3.8, 4) is 0 Å². The van der Waals surface area contributed by atoms with Crippen molar-refractivity contribution in [3.05, 3.63) is 23.8 Å². The van der Waals surface area contributed by atoms with E-state index in [1.807, 2.05) is 6.92 Å². The van der Waals surface area contributed by atoms with Crippen molar-refractivity contribution in [1.29, 1.82) is 0 Å². The molecule has 1 rings (SSSR count). The number of hydrogen-bond acceptors (Lipinski definition) is 2. The summed E-state index contributed by atoms with van der Waals surface area (Å²) in [6.45, 7) is 3.62. The van der Waals surface area contributed by atoms with Crippen molar-refractivity contribution in [2.45, 2.75) is 26.4 Å². The lowest BCUT2D eigenvalue weighted by atomic mass is 10.2. The van der Waals surface area contributed by atoms with Crippen molar-refractivity contribution < 1.29 is 4.39 Å². The maximum Gasteiger partial charge on any atom is 0.142 e. The van der Waals surface area contributed by atoms with Crippen LogP contribution in [0.4, 0.5) is 4.39 Å². The van der Waals surface area contributed by atoms with Gasteiger partial charge in [-0.15, -0.1) is 0 Å². The molecule has 0 aliphatic heterocycles. The summed E-state index contributed by atoms with van der Waals surface area (Å²) in [5.41, 5.74) is 1.30. The highest BCUT2D eigenvalue weighted by Gasteiger charge is 2.07. The van der Waals surface area contributed by atoms with E-state index in [1.54, 1.807) is 13.0 Å².